The van der Waals surface area contributed by atoms with Gasteiger partial charge >= 0.3 is 0 Å². The number of rotatable bonds is 1. The highest BCUT2D eigenvalue weighted by Crippen LogP contribution is 2.05. The van der Waals surface area contributed by atoms with Gasteiger partial charge in [-0.1, -0.05) is 13.8 Å². The Morgan fingerprint density at radius 2 is 2.15 bits per heavy atom. The highest BCUT2D eigenvalue weighted by Gasteiger charge is 2.00. The molecule has 0 unspecified atom stereocenters. The number of aromatic amines is 1. The van der Waals surface area contributed by atoms with E-state index in [1.165, 1.54) is 12.3 Å². The third kappa shape index (κ3) is 3.11. The molecule has 1 heterocycles. The molecule has 1 rings (SSSR count). The summed E-state index contributed by atoms with van der Waals surface area (Å²) >= 11 is 0. The van der Waals surface area contributed by atoms with E-state index < -0.39 is 0 Å². The van der Waals surface area contributed by atoms with E-state index in [1.807, 2.05) is 13.8 Å². The van der Waals surface area contributed by atoms with Crippen LogP contribution in [-0.4, -0.2) is 10.7 Å². The molecule has 0 bridgehead atoms. The highest BCUT2D eigenvalue weighted by molar-refractivity contribution is 6.00. The van der Waals surface area contributed by atoms with Gasteiger partial charge in [-0.2, -0.15) is 0 Å². The van der Waals surface area contributed by atoms with E-state index in [-0.39, 0.29) is 6.99 Å². The van der Waals surface area contributed by atoms with Crippen LogP contribution in [0.4, 0.5) is 5.69 Å². The summed E-state index contributed by atoms with van der Waals surface area (Å²) in [6.07, 6.45) is 1.40. The molecule has 0 aliphatic carbocycles. The molecule has 4 nitrogen and oxygen atoms in total. The van der Waals surface area contributed by atoms with Gasteiger partial charge in [0.1, 0.15) is 0 Å². The first-order chi connectivity index (χ1) is 6.11. The van der Waals surface area contributed by atoms with Crippen molar-refractivity contribution in [3.63, 3.8) is 0 Å². The average Bonchev–Trinajstić information content (AvgIpc) is 2.12. The summed E-state index contributed by atoms with van der Waals surface area (Å²) in [6, 6.07) is 1.32. The second kappa shape index (κ2) is 5.13. The largest absolute Gasteiger partial charge is 0.397 e. The van der Waals surface area contributed by atoms with Crippen molar-refractivity contribution in [3.8, 4) is 0 Å². The maximum Gasteiger partial charge on any atom is 0.248 e. The number of nitrogens with two attached hydrogens (primary N) is 1. The lowest BCUT2D eigenvalue weighted by atomic mass is 10.1. The highest BCUT2D eigenvalue weighted by atomic mass is 16.1. The van der Waals surface area contributed by atoms with Crippen molar-refractivity contribution in [2.24, 2.45) is 0 Å². The molecule has 0 atom stereocenters. The Balaban J connectivity index is 0. The molecule has 1 aromatic rings. The van der Waals surface area contributed by atoms with Gasteiger partial charge in [-0.15, -0.1) is 0 Å². The first-order valence-corrected chi connectivity index (χ1v) is 4.15. The van der Waals surface area contributed by atoms with E-state index in [0.717, 1.165) is 0 Å². The molecule has 0 aliphatic rings. The van der Waals surface area contributed by atoms with Crippen LogP contribution in [0.2, 0.25) is 0 Å². The Morgan fingerprint density at radius 3 is 2.54 bits per heavy atom. The van der Waals surface area contributed by atoms with Crippen molar-refractivity contribution in [3.05, 3.63) is 28.2 Å². The summed E-state index contributed by atoms with van der Waals surface area (Å²) in [5.41, 5.74) is 6.47. The predicted molar refractivity (Wildman–Crippen MR) is 57.4 cm³/mol. The predicted octanol–water partition coefficient (Wildman–Crippen LogP) is 1.62. The van der Waals surface area contributed by atoms with Crippen LogP contribution in [0.5, 0.6) is 0 Å². The average molecular weight is 183 g/mol. The number of hydrogen-bond acceptors (Lipinski definition) is 3. The molecule has 0 radical (unpaired) electrons. The molecule has 4 N–H and O–H groups in total. The molecule has 0 fully saturated rings. The van der Waals surface area contributed by atoms with Crippen LogP contribution in [-0.2, 0) is 0 Å². The van der Waals surface area contributed by atoms with E-state index in [0.29, 0.717) is 17.0 Å². The molecule has 0 amide bonds. The topological polar surface area (TPSA) is 82.7 Å². The number of nitrogens with one attached hydrogen (secondary N) is 2. The zero-order chi connectivity index (χ0) is 10.4. The minimum absolute atomic E-state index is 0. The SMILES string of the molecule is CC.CC(=N)c1cc(=O)[nH]cc1N.[HH]. The lowest BCUT2D eigenvalue weighted by Crippen LogP contribution is -2.10. The number of H-pyrrole nitrogens is 1. The Morgan fingerprint density at radius 1 is 1.62 bits per heavy atom. The Kier molecular flexibility index (Phi) is 4.51. The maximum atomic E-state index is 10.7. The van der Waals surface area contributed by atoms with Crippen LogP contribution in [0.3, 0.4) is 0 Å². The molecule has 0 aliphatic heterocycles. The van der Waals surface area contributed by atoms with Crippen molar-refractivity contribution in [2.75, 3.05) is 5.73 Å². The third-order valence-electron chi connectivity index (χ3n) is 1.36. The van der Waals surface area contributed by atoms with Crippen molar-refractivity contribution in [2.45, 2.75) is 20.8 Å². The molecular formula is C9H17N3O. The molecular weight excluding hydrogens is 166 g/mol. The summed E-state index contributed by atoms with van der Waals surface area (Å²) in [5, 5.41) is 7.24. The minimum atomic E-state index is -0.235. The first kappa shape index (κ1) is 11.4. The van der Waals surface area contributed by atoms with Crippen LogP contribution in [0.1, 0.15) is 27.8 Å². The summed E-state index contributed by atoms with van der Waals surface area (Å²) in [5.74, 6) is 0. The zero-order valence-electron chi connectivity index (χ0n) is 8.14. The molecule has 1 aromatic heterocycles. The van der Waals surface area contributed by atoms with Crippen molar-refractivity contribution in [1.29, 1.82) is 5.41 Å². The quantitative estimate of drug-likeness (QED) is 0.578. The number of nitrogen functional groups attached to an aromatic ring is 1. The fourth-order valence-corrected chi connectivity index (χ4v) is 0.807. The summed E-state index contributed by atoms with van der Waals surface area (Å²) in [6.45, 7) is 5.59. The van der Waals surface area contributed by atoms with Crippen LogP contribution in [0.25, 0.3) is 0 Å². The van der Waals surface area contributed by atoms with Gasteiger partial charge in [-0.3, -0.25) is 4.79 Å². The summed E-state index contributed by atoms with van der Waals surface area (Å²) in [4.78, 5) is 13.2. The van der Waals surface area contributed by atoms with Crippen molar-refractivity contribution < 1.29 is 1.43 Å². The molecule has 0 spiro atoms. The third-order valence-corrected chi connectivity index (χ3v) is 1.36. The van der Waals surface area contributed by atoms with Crippen LogP contribution < -0.4 is 11.3 Å². The second-order valence-electron chi connectivity index (χ2n) is 2.29. The van der Waals surface area contributed by atoms with E-state index in [1.54, 1.807) is 6.92 Å². The molecule has 0 saturated carbocycles. The van der Waals surface area contributed by atoms with Gasteiger partial charge in [0.05, 0.1) is 5.69 Å². The number of anilines is 1. The Hall–Kier alpha value is -1.58. The second-order valence-corrected chi connectivity index (χ2v) is 2.29. The number of pyridine rings is 1. The van der Waals surface area contributed by atoms with E-state index >= 15 is 0 Å². The zero-order valence-corrected chi connectivity index (χ0v) is 8.14. The van der Waals surface area contributed by atoms with Crippen molar-refractivity contribution in [1.82, 2.24) is 4.98 Å². The van der Waals surface area contributed by atoms with Crippen LogP contribution in [0.15, 0.2) is 17.1 Å². The normalized spacial score (nSPS) is 8.54. The first-order valence-electron chi connectivity index (χ1n) is 4.15. The molecule has 0 saturated heterocycles. The minimum Gasteiger partial charge on any atom is -0.397 e. The van der Waals surface area contributed by atoms with Gasteiger partial charge < -0.3 is 16.1 Å². The fraction of sp³-hybridized carbons (Fsp3) is 0.333. The fourth-order valence-electron chi connectivity index (χ4n) is 0.807. The Labute approximate surface area is 78.8 Å². The van der Waals surface area contributed by atoms with Gasteiger partial charge in [0.15, 0.2) is 0 Å². The molecule has 13 heavy (non-hydrogen) atoms. The van der Waals surface area contributed by atoms with Crippen LogP contribution in [0, 0.1) is 5.41 Å². The summed E-state index contributed by atoms with van der Waals surface area (Å²) < 4.78 is 0. The lowest BCUT2D eigenvalue weighted by Gasteiger charge is -2.00. The molecule has 4 heteroatoms. The standard InChI is InChI=1S/C7H9N3O.C2H6.H2/c1-4(8)5-2-7(11)10-3-6(5)9;1-2;/h2-3,8H,9H2,1H3,(H,10,11);1-2H3;1H. The van der Waals surface area contributed by atoms with Gasteiger partial charge in [0.25, 0.3) is 0 Å². The molecule has 0 aromatic carbocycles. The van der Waals surface area contributed by atoms with E-state index in [4.69, 9.17) is 11.1 Å². The number of aromatic nitrogens is 1. The van der Waals surface area contributed by atoms with E-state index in [2.05, 4.69) is 4.98 Å². The van der Waals surface area contributed by atoms with E-state index in [9.17, 15) is 4.79 Å². The van der Waals surface area contributed by atoms with Gasteiger partial charge in [0.2, 0.25) is 5.56 Å². The lowest BCUT2D eigenvalue weighted by molar-refractivity contribution is 1.23. The van der Waals surface area contributed by atoms with Crippen molar-refractivity contribution >= 4 is 11.4 Å². The van der Waals surface area contributed by atoms with Gasteiger partial charge in [0, 0.05) is 25.0 Å². The van der Waals surface area contributed by atoms with Crippen LogP contribution >= 0.6 is 0 Å². The summed E-state index contributed by atoms with van der Waals surface area (Å²) in [7, 11) is 0. The maximum absolute atomic E-state index is 10.7. The Bertz CT molecular complexity index is 346. The number of hydrogen-bond donors (Lipinski definition) is 3. The smallest absolute Gasteiger partial charge is 0.248 e. The van der Waals surface area contributed by atoms with Gasteiger partial charge in [-0.05, 0) is 6.92 Å². The molecule has 74 valence electrons. The monoisotopic (exact) mass is 183 g/mol. The van der Waals surface area contributed by atoms with Gasteiger partial charge in [-0.25, -0.2) is 0 Å².